The van der Waals surface area contributed by atoms with Gasteiger partial charge in [0.1, 0.15) is 24.2 Å². The third-order valence-corrected chi connectivity index (χ3v) is 4.12. The van der Waals surface area contributed by atoms with Crippen molar-refractivity contribution in [2.24, 2.45) is 0 Å². The van der Waals surface area contributed by atoms with Crippen molar-refractivity contribution in [2.75, 3.05) is 34.4 Å². The van der Waals surface area contributed by atoms with E-state index in [1.165, 1.54) is 12.5 Å². The van der Waals surface area contributed by atoms with E-state index in [2.05, 4.69) is 18.2 Å². The Bertz CT molecular complexity index is 730. The number of methoxy groups -OCH3 is 1. The standard InChI is InChI=1S/C22H29NO4/c1-17(24)27-21(15-23(2)3)16-26-22-11-6-5-9-19(22)13-12-18-8-7-10-20(14-18)25-4/h5-11,14,21H,12-13,15-16H2,1-4H3. The molecule has 0 amide bonds. The lowest BCUT2D eigenvalue weighted by molar-refractivity contribution is -0.148. The summed E-state index contributed by atoms with van der Waals surface area (Å²) in [6.07, 6.45) is 1.45. The van der Waals surface area contributed by atoms with E-state index in [0.717, 1.165) is 29.9 Å². The maximum absolute atomic E-state index is 11.3. The van der Waals surface area contributed by atoms with E-state index in [9.17, 15) is 4.79 Å². The summed E-state index contributed by atoms with van der Waals surface area (Å²) in [5.41, 5.74) is 2.35. The van der Waals surface area contributed by atoms with Gasteiger partial charge in [-0.15, -0.1) is 0 Å². The van der Waals surface area contributed by atoms with Gasteiger partial charge in [-0.05, 0) is 56.3 Å². The number of aryl methyl sites for hydroxylation is 2. The Morgan fingerprint density at radius 3 is 2.56 bits per heavy atom. The molecule has 2 rings (SSSR count). The minimum Gasteiger partial charge on any atom is -0.497 e. The molecule has 2 aromatic rings. The topological polar surface area (TPSA) is 48.0 Å². The Morgan fingerprint density at radius 2 is 1.85 bits per heavy atom. The van der Waals surface area contributed by atoms with E-state index in [4.69, 9.17) is 14.2 Å². The predicted molar refractivity (Wildman–Crippen MR) is 106 cm³/mol. The van der Waals surface area contributed by atoms with Crippen molar-refractivity contribution in [3.63, 3.8) is 0 Å². The van der Waals surface area contributed by atoms with Gasteiger partial charge in [0, 0.05) is 13.5 Å². The number of carbonyl (C=O) groups is 1. The van der Waals surface area contributed by atoms with Gasteiger partial charge in [-0.3, -0.25) is 4.79 Å². The molecule has 0 aliphatic rings. The lowest BCUT2D eigenvalue weighted by Crippen LogP contribution is -2.34. The summed E-state index contributed by atoms with van der Waals surface area (Å²) < 4.78 is 16.7. The fourth-order valence-corrected chi connectivity index (χ4v) is 2.91. The molecule has 0 heterocycles. The molecule has 0 radical (unpaired) electrons. The van der Waals surface area contributed by atoms with E-state index in [0.29, 0.717) is 13.2 Å². The van der Waals surface area contributed by atoms with Gasteiger partial charge in [0.2, 0.25) is 0 Å². The molecule has 1 atom stereocenters. The molecule has 27 heavy (non-hydrogen) atoms. The monoisotopic (exact) mass is 371 g/mol. The highest BCUT2D eigenvalue weighted by molar-refractivity contribution is 5.66. The van der Waals surface area contributed by atoms with Crippen molar-refractivity contribution in [1.82, 2.24) is 4.90 Å². The highest BCUT2D eigenvalue weighted by Crippen LogP contribution is 2.22. The smallest absolute Gasteiger partial charge is 0.303 e. The van der Waals surface area contributed by atoms with Crippen LogP contribution in [0.3, 0.4) is 0 Å². The molecule has 0 N–H and O–H groups in total. The number of rotatable bonds is 10. The molecular formula is C22H29NO4. The van der Waals surface area contributed by atoms with Crippen LogP contribution >= 0.6 is 0 Å². The number of hydrogen-bond donors (Lipinski definition) is 0. The molecule has 0 spiro atoms. The van der Waals surface area contributed by atoms with Crippen molar-refractivity contribution < 1.29 is 19.0 Å². The van der Waals surface area contributed by atoms with Gasteiger partial charge in [-0.1, -0.05) is 30.3 Å². The molecule has 5 nitrogen and oxygen atoms in total. The lowest BCUT2D eigenvalue weighted by Gasteiger charge is -2.22. The lowest BCUT2D eigenvalue weighted by atomic mass is 10.0. The predicted octanol–water partition coefficient (Wildman–Crippen LogP) is 3.35. The van der Waals surface area contributed by atoms with E-state index < -0.39 is 0 Å². The number of ether oxygens (including phenoxy) is 3. The van der Waals surface area contributed by atoms with E-state index in [1.54, 1.807) is 7.11 Å². The second-order valence-electron chi connectivity index (χ2n) is 6.76. The zero-order valence-corrected chi connectivity index (χ0v) is 16.6. The highest BCUT2D eigenvalue weighted by Gasteiger charge is 2.15. The molecule has 0 saturated heterocycles. The Hall–Kier alpha value is -2.53. The minimum atomic E-state index is -0.302. The van der Waals surface area contributed by atoms with Crippen LogP contribution in [0.2, 0.25) is 0 Å². The number of hydrogen-bond acceptors (Lipinski definition) is 5. The van der Waals surface area contributed by atoms with Gasteiger partial charge in [0.05, 0.1) is 7.11 Å². The average molecular weight is 371 g/mol. The molecule has 1 unspecified atom stereocenters. The first-order chi connectivity index (χ1) is 13.0. The summed E-state index contributed by atoms with van der Waals surface area (Å²) in [6.45, 7) is 2.37. The second-order valence-corrected chi connectivity index (χ2v) is 6.76. The van der Waals surface area contributed by atoms with Gasteiger partial charge < -0.3 is 19.1 Å². The van der Waals surface area contributed by atoms with Crippen LogP contribution in [0.15, 0.2) is 48.5 Å². The first kappa shape index (κ1) is 20.8. The zero-order valence-electron chi connectivity index (χ0n) is 16.6. The number of para-hydroxylation sites is 1. The average Bonchev–Trinajstić information content (AvgIpc) is 2.64. The molecule has 0 aromatic heterocycles. The highest BCUT2D eigenvalue weighted by atomic mass is 16.6. The van der Waals surface area contributed by atoms with Gasteiger partial charge >= 0.3 is 5.97 Å². The van der Waals surface area contributed by atoms with Gasteiger partial charge in [0.25, 0.3) is 0 Å². The summed E-state index contributed by atoms with van der Waals surface area (Å²) in [5, 5.41) is 0. The third kappa shape index (κ3) is 7.31. The molecule has 0 aliphatic carbocycles. The maximum atomic E-state index is 11.3. The van der Waals surface area contributed by atoms with Crippen LogP contribution in [0.4, 0.5) is 0 Å². The SMILES string of the molecule is COc1cccc(CCc2ccccc2OCC(CN(C)C)OC(C)=O)c1. The van der Waals surface area contributed by atoms with Crippen molar-refractivity contribution in [2.45, 2.75) is 25.9 Å². The minimum absolute atomic E-state index is 0.295. The van der Waals surface area contributed by atoms with Crippen LogP contribution in [0.1, 0.15) is 18.1 Å². The number of esters is 1. The fourth-order valence-electron chi connectivity index (χ4n) is 2.91. The van der Waals surface area contributed by atoms with Crippen molar-refractivity contribution in [1.29, 1.82) is 0 Å². The molecule has 0 aliphatic heterocycles. The van der Waals surface area contributed by atoms with Gasteiger partial charge in [-0.25, -0.2) is 0 Å². The quantitative estimate of drug-likeness (QED) is 0.600. The maximum Gasteiger partial charge on any atom is 0.303 e. The summed E-state index contributed by atoms with van der Waals surface area (Å²) in [6, 6.07) is 16.1. The summed E-state index contributed by atoms with van der Waals surface area (Å²) in [4.78, 5) is 13.3. The molecule has 0 bridgehead atoms. The third-order valence-electron chi connectivity index (χ3n) is 4.12. The molecule has 0 fully saturated rings. The van der Waals surface area contributed by atoms with E-state index >= 15 is 0 Å². The molecule has 2 aromatic carbocycles. The Kier molecular flexibility index (Phi) is 8.14. The van der Waals surface area contributed by atoms with Gasteiger partial charge in [-0.2, -0.15) is 0 Å². The van der Waals surface area contributed by atoms with Crippen LogP contribution in [-0.4, -0.2) is 51.3 Å². The first-order valence-electron chi connectivity index (χ1n) is 9.13. The van der Waals surface area contributed by atoms with Crippen LogP contribution in [0, 0.1) is 0 Å². The number of likely N-dealkylation sites (N-methyl/N-ethyl adjacent to an activating group) is 1. The van der Waals surface area contributed by atoms with Crippen molar-refractivity contribution in [3.8, 4) is 11.5 Å². The number of carbonyl (C=O) groups excluding carboxylic acids is 1. The van der Waals surface area contributed by atoms with E-state index in [1.807, 2.05) is 49.3 Å². The summed E-state index contributed by atoms with van der Waals surface area (Å²) in [5.74, 6) is 1.40. The Morgan fingerprint density at radius 1 is 1.07 bits per heavy atom. The molecule has 5 heteroatoms. The fraction of sp³-hybridized carbons (Fsp3) is 0.409. The zero-order chi connectivity index (χ0) is 19.6. The van der Waals surface area contributed by atoms with Crippen molar-refractivity contribution >= 4 is 5.97 Å². The van der Waals surface area contributed by atoms with Crippen LogP contribution < -0.4 is 9.47 Å². The Labute approximate surface area is 161 Å². The van der Waals surface area contributed by atoms with Gasteiger partial charge in [0.15, 0.2) is 0 Å². The summed E-state index contributed by atoms with van der Waals surface area (Å²) in [7, 11) is 5.56. The first-order valence-corrected chi connectivity index (χ1v) is 9.13. The Balaban J connectivity index is 2.00. The number of benzene rings is 2. The van der Waals surface area contributed by atoms with E-state index in [-0.39, 0.29) is 12.1 Å². The van der Waals surface area contributed by atoms with Crippen LogP contribution in [0.5, 0.6) is 11.5 Å². The second kappa shape index (κ2) is 10.6. The summed E-state index contributed by atoms with van der Waals surface area (Å²) >= 11 is 0. The van der Waals surface area contributed by atoms with Crippen LogP contribution in [-0.2, 0) is 22.4 Å². The number of nitrogens with zero attached hydrogens (tertiary/aromatic N) is 1. The van der Waals surface area contributed by atoms with Crippen LogP contribution in [0.25, 0.3) is 0 Å². The molecule has 0 saturated carbocycles. The normalized spacial score (nSPS) is 11.9. The largest absolute Gasteiger partial charge is 0.497 e. The van der Waals surface area contributed by atoms with Crippen molar-refractivity contribution in [3.05, 3.63) is 59.7 Å². The molecular weight excluding hydrogens is 342 g/mol. The molecule has 146 valence electrons.